The molecule has 0 amide bonds. The lowest BCUT2D eigenvalue weighted by Gasteiger charge is -2.62. The number of hydrogen-bond donors (Lipinski definition) is 1. The lowest BCUT2D eigenvalue weighted by atomic mass is 9.58. The van der Waals surface area contributed by atoms with E-state index >= 15 is 0 Å². The minimum Gasteiger partial charge on any atom is -0.301 e. The number of rotatable bonds is 8. The molecule has 2 heteroatoms. The van der Waals surface area contributed by atoms with Crippen LogP contribution in [-0.2, 0) is 0 Å². The van der Waals surface area contributed by atoms with Crippen molar-refractivity contribution in [2.45, 2.75) is 115 Å². The van der Waals surface area contributed by atoms with Gasteiger partial charge in [0, 0.05) is 11.6 Å². The van der Waals surface area contributed by atoms with Crippen LogP contribution < -0.4 is 15.7 Å². The van der Waals surface area contributed by atoms with E-state index in [1.54, 1.807) is 10.4 Å². The van der Waals surface area contributed by atoms with E-state index in [-0.39, 0.29) is 16.0 Å². The first kappa shape index (κ1) is 29.1. The van der Waals surface area contributed by atoms with Gasteiger partial charge >= 0.3 is 0 Å². The Morgan fingerprint density at radius 2 is 1.32 bits per heavy atom. The maximum atomic E-state index is 4.26. The second-order valence-electron chi connectivity index (χ2n) is 13.1. The number of allylic oxidation sites excluding steroid dienone is 2. The quantitative estimate of drug-likeness (QED) is 0.341. The lowest BCUT2D eigenvalue weighted by molar-refractivity contribution is 0.0352. The maximum Gasteiger partial charge on any atom is 0.109 e. The molecule has 206 valence electrons. The fourth-order valence-corrected chi connectivity index (χ4v) is 12.8. The molecule has 0 heterocycles. The molecule has 2 aliphatic carbocycles. The van der Waals surface area contributed by atoms with E-state index in [0.717, 1.165) is 0 Å². The Bertz CT molecular complexity index is 990. The monoisotopic (exact) mass is 527 g/mol. The van der Waals surface area contributed by atoms with Crippen molar-refractivity contribution in [2.75, 3.05) is 0 Å². The average Bonchev–Trinajstić information content (AvgIpc) is 3.43. The molecule has 2 aromatic carbocycles. The molecule has 1 nitrogen and oxygen atoms in total. The van der Waals surface area contributed by atoms with Gasteiger partial charge in [0.1, 0.15) is 8.80 Å². The van der Waals surface area contributed by atoms with Gasteiger partial charge in [0.05, 0.1) is 0 Å². The van der Waals surface area contributed by atoms with Crippen LogP contribution >= 0.6 is 0 Å². The van der Waals surface area contributed by atoms with E-state index in [4.69, 9.17) is 0 Å². The molecule has 3 unspecified atom stereocenters. The number of unbranched alkanes of at least 4 members (excludes halogenated alkanes) is 1. The van der Waals surface area contributed by atoms with Crippen molar-refractivity contribution in [3.05, 3.63) is 85.0 Å². The molecule has 0 radical (unpaired) electrons. The molecule has 38 heavy (non-hydrogen) atoms. The van der Waals surface area contributed by atoms with Crippen molar-refractivity contribution in [1.29, 1.82) is 0 Å². The third-order valence-electron chi connectivity index (χ3n) is 10.8. The fraction of sp³-hybridized carbons (Fsp3) is 0.556. The predicted octanol–water partition coefficient (Wildman–Crippen LogP) is 8.21. The van der Waals surface area contributed by atoms with Crippen LogP contribution in [0.5, 0.6) is 0 Å². The SMILES string of the molecule is CCCCC1CCCCCCCC(C)(NC2C=CC=C2)C(C)(C)C1(C)[SiH](c1ccccc1)c1ccccc1. The minimum atomic E-state index is -1.68. The molecule has 1 N–H and O–H groups in total. The zero-order valence-corrected chi connectivity index (χ0v) is 26.0. The lowest BCUT2D eigenvalue weighted by Crippen LogP contribution is -2.68. The largest absolute Gasteiger partial charge is 0.301 e. The van der Waals surface area contributed by atoms with Crippen molar-refractivity contribution >= 4 is 19.2 Å². The number of benzene rings is 2. The molecule has 0 bridgehead atoms. The third-order valence-corrected chi connectivity index (χ3v) is 15.3. The highest BCUT2D eigenvalue weighted by molar-refractivity contribution is 6.87. The molecular weight excluding hydrogens is 474 g/mol. The van der Waals surface area contributed by atoms with E-state index in [9.17, 15) is 0 Å². The summed E-state index contributed by atoms with van der Waals surface area (Å²) in [4.78, 5) is 0. The summed E-state index contributed by atoms with van der Waals surface area (Å²) >= 11 is 0. The number of hydrogen-bond acceptors (Lipinski definition) is 1. The Balaban J connectivity index is 1.95. The van der Waals surface area contributed by atoms with Gasteiger partial charge in [0.2, 0.25) is 0 Å². The van der Waals surface area contributed by atoms with Crippen LogP contribution in [0, 0.1) is 11.3 Å². The van der Waals surface area contributed by atoms with Gasteiger partial charge in [-0.15, -0.1) is 0 Å². The first-order valence-electron chi connectivity index (χ1n) is 15.6. The predicted molar refractivity (Wildman–Crippen MR) is 170 cm³/mol. The van der Waals surface area contributed by atoms with Crippen LogP contribution in [0.2, 0.25) is 5.04 Å². The Morgan fingerprint density at radius 1 is 0.763 bits per heavy atom. The van der Waals surface area contributed by atoms with Crippen LogP contribution in [0.25, 0.3) is 0 Å². The molecule has 4 rings (SSSR count). The average molecular weight is 528 g/mol. The zero-order valence-electron chi connectivity index (χ0n) is 24.9. The van der Waals surface area contributed by atoms with Gasteiger partial charge in [-0.05, 0) is 29.7 Å². The summed E-state index contributed by atoms with van der Waals surface area (Å²) in [6.07, 6.45) is 22.5. The first-order valence-corrected chi connectivity index (χ1v) is 17.3. The Labute approximate surface area is 235 Å². The topological polar surface area (TPSA) is 12.0 Å². The van der Waals surface area contributed by atoms with Crippen molar-refractivity contribution in [2.24, 2.45) is 11.3 Å². The third kappa shape index (κ3) is 5.97. The van der Waals surface area contributed by atoms with Crippen LogP contribution in [-0.4, -0.2) is 20.4 Å². The molecule has 1 saturated carbocycles. The van der Waals surface area contributed by atoms with Crippen LogP contribution in [0.4, 0.5) is 0 Å². The molecule has 0 aromatic heterocycles. The van der Waals surface area contributed by atoms with Crippen LogP contribution in [0.15, 0.2) is 85.0 Å². The highest BCUT2D eigenvalue weighted by Crippen LogP contribution is 2.62. The second-order valence-corrected chi connectivity index (χ2v) is 16.5. The molecule has 0 spiro atoms. The summed E-state index contributed by atoms with van der Waals surface area (Å²) in [6.45, 7) is 13.0. The highest BCUT2D eigenvalue weighted by atomic mass is 28.3. The number of nitrogens with one attached hydrogen (secondary N) is 1. The first-order chi connectivity index (χ1) is 18.3. The molecule has 3 atom stereocenters. The molecule has 0 saturated heterocycles. The molecule has 1 fully saturated rings. The summed E-state index contributed by atoms with van der Waals surface area (Å²) in [5.41, 5.74) is 0.102. The Kier molecular flexibility index (Phi) is 9.93. The van der Waals surface area contributed by atoms with E-state index in [1.807, 2.05) is 0 Å². The van der Waals surface area contributed by atoms with Gasteiger partial charge in [0.15, 0.2) is 0 Å². The van der Waals surface area contributed by atoms with E-state index in [1.165, 1.54) is 64.2 Å². The minimum absolute atomic E-state index is 0.0229. The summed E-state index contributed by atoms with van der Waals surface area (Å²) in [6, 6.07) is 23.7. The van der Waals surface area contributed by atoms with Crippen molar-refractivity contribution in [3.63, 3.8) is 0 Å². The normalized spacial score (nSPS) is 28.4. The van der Waals surface area contributed by atoms with Crippen molar-refractivity contribution in [3.8, 4) is 0 Å². The smallest absolute Gasteiger partial charge is 0.109 e. The summed E-state index contributed by atoms with van der Waals surface area (Å²) in [5.74, 6) is 0.711. The Morgan fingerprint density at radius 3 is 1.89 bits per heavy atom. The van der Waals surface area contributed by atoms with Gasteiger partial charge in [-0.1, -0.05) is 181 Å². The fourth-order valence-electron chi connectivity index (χ4n) is 7.93. The van der Waals surface area contributed by atoms with E-state index in [2.05, 4.69) is 125 Å². The van der Waals surface area contributed by atoms with Gasteiger partial charge in [-0.3, -0.25) is 0 Å². The zero-order chi connectivity index (χ0) is 27.1. The maximum absolute atomic E-state index is 4.26. The van der Waals surface area contributed by atoms with E-state index in [0.29, 0.717) is 12.0 Å². The van der Waals surface area contributed by atoms with Gasteiger partial charge in [0.25, 0.3) is 0 Å². The summed E-state index contributed by atoms with van der Waals surface area (Å²) in [5, 5.41) is 7.65. The second kappa shape index (κ2) is 13.0. The van der Waals surface area contributed by atoms with Gasteiger partial charge in [-0.2, -0.15) is 0 Å². The molecule has 2 aromatic rings. The summed E-state index contributed by atoms with van der Waals surface area (Å²) < 4.78 is 0. The molecule has 0 aliphatic heterocycles. The molecular formula is C36H53NSi. The summed E-state index contributed by atoms with van der Waals surface area (Å²) in [7, 11) is -1.68. The van der Waals surface area contributed by atoms with Crippen LogP contribution in [0.3, 0.4) is 0 Å². The molecule has 2 aliphatic rings. The van der Waals surface area contributed by atoms with Crippen molar-refractivity contribution < 1.29 is 0 Å². The van der Waals surface area contributed by atoms with Gasteiger partial charge in [-0.25, -0.2) is 0 Å². The van der Waals surface area contributed by atoms with Gasteiger partial charge < -0.3 is 5.32 Å². The standard InChI is InChI=1S/C36H53NSi/c1-6-7-21-30-22-13-9-8-10-20-29-35(4,37-31-23-18-19-24-31)34(2,3)36(30,5)38(32-25-14-11-15-26-32)33-27-16-12-17-28-33/h11-12,14-19,23-28,30-31,37-38H,6-10,13,20-22,29H2,1-5H3. The Hall–Kier alpha value is -1.90. The highest BCUT2D eigenvalue weighted by Gasteiger charge is 2.59. The van der Waals surface area contributed by atoms with Crippen molar-refractivity contribution in [1.82, 2.24) is 5.32 Å². The van der Waals surface area contributed by atoms with Crippen LogP contribution in [0.1, 0.15) is 98.8 Å². The van der Waals surface area contributed by atoms with E-state index < -0.39 is 8.80 Å².